The number of esters is 1. The fourth-order valence-electron chi connectivity index (χ4n) is 10.4. The molecule has 0 aliphatic carbocycles. The van der Waals surface area contributed by atoms with Crippen molar-refractivity contribution >= 4 is 17.6 Å². The number of rotatable bonds is 11. The molecule has 10 nitrogen and oxygen atoms in total. The van der Waals surface area contributed by atoms with E-state index in [-0.39, 0.29) is 72.2 Å². The van der Waals surface area contributed by atoms with Crippen molar-refractivity contribution in [1.82, 2.24) is 0 Å². The molecule has 1 aromatic rings. The van der Waals surface area contributed by atoms with Gasteiger partial charge in [0.05, 0.1) is 68.1 Å². The Morgan fingerprint density at radius 1 is 1.06 bits per heavy atom. The van der Waals surface area contributed by atoms with Crippen molar-refractivity contribution in [1.29, 1.82) is 0 Å². The molecule has 5 saturated heterocycles. The molecule has 1 aromatic carbocycles. The number of hydrogen-bond donors (Lipinski definition) is 2. The smallest absolute Gasteiger partial charge is 0.333 e. The minimum atomic E-state index is -1.56. The molecule has 1 spiro atoms. The molecule has 0 unspecified atom stereocenters. The minimum Gasteiger partial charge on any atom is -0.466 e. The maximum atomic E-state index is 12.4. The average Bonchev–Trinajstić information content (AvgIpc) is 3.86. The first-order chi connectivity index (χ1) is 25.5. The van der Waals surface area contributed by atoms with Crippen LogP contribution < -0.4 is 0 Å². The van der Waals surface area contributed by atoms with E-state index in [4.69, 9.17) is 44.8 Å². The van der Waals surface area contributed by atoms with Gasteiger partial charge in [-0.1, -0.05) is 71.4 Å². The van der Waals surface area contributed by atoms with Crippen LogP contribution in [0.2, 0.25) is 5.02 Å². The Bertz CT molecular complexity index is 1490. The number of hydrogen-bond acceptors (Lipinski definition) is 10. The van der Waals surface area contributed by atoms with E-state index < -0.39 is 29.4 Å². The maximum Gasteiger partial charge on any atom is 0.333 e. The molecule has 5 fully saturated rings. The maximum absolute atomic E-state index is 12.4. The van der Waals surface area contributed by atoms with E-state index >= 15 is 0 Å². The van der Waals surface area contributed by atoms with Crippen molar-refractivity contribution in [3.63, 3.8) is 0 Å². The standard InChI is InChI=1S/C43H65ClO10/c1-10-41(38-27(4)21-33(50-38)37-26(3)20-29(6)43(47,24-45)53-37)16-15-35(51-41)40(8)17-18-42(54-40)22-34(49-23-31-11-13-32(44)14-12-31)30(7)36(52-42)25(2)19-28(5)39(46)48-9/h11-14,19,25-27,29-30,33-38,45,47H,10,15-18,20-24H2,1-9H3/b28-19+/t25-,26-,27-,29+,30+,33+,34-,35+,36+,37-,38+,40-,41-,42+,43-/m0/s1. The van der Waals surface area contributed by atoms with Crippen molar-refractivity contribution < 1.29 is 48.2 Å². The van der Waals surface area contributed by atoms with Crippen LogP contribution in [0.15, 0.2) is 35.9 Å². The highest BCUT2D eigenvalue weighted by Crippen LogP contribution is 2.55. The molecular weight excluding hydrogens is 712 g/mol. The van der Waals surface area contributed by atoms with Crippen molar-refractivity contribution in [3.8, 4) is 0 Å². The Balaban J connectivity index is 1.18. The van der Waals surface area contributed by atoms with Crippen LogP contribution in [0.4, 0.5) is 0 Å². The second-order valence-electron chi connectivity index (χ2n) is 17.7. The third-order valence-electron chi connectivity index (χ3n) is 13.7. The van der Waals surface area contributed by atoms with Crippen LogP contribution in [0.5, 0.6) is 0 Å². The summed E-state index contributed by atoms with van der Waals surface area (Å²) >= 11 is 6.16. The molecule has 0 amide bonds. The molecule has 5 aliphatic heterocycles. The predicted octanol–water partition coefficient (Wildman–Crippen LogP) is 7.53. The number of benzene rings is 1. The fraction of sp³-hybridized carbons (Fsp3) is 0.791. The van der Waals surface area contributed by atoms with Gasteiger partial charge in [0.1, 0.15) is 0 Å². The molecule has 2 N–H and O–H groups in total. The van der Waals surface area contributed by atoms with Gasteiger partial charge in [-0.3, -0.25) is 0 Å². The van der Waals surface area contributed by atoms with Gasteiger partial charge in [-0.15, -0.1) is 0 Å². The highest BCUT2D eigenvalue weighted by Gasteiger charge is 2.62. The molecule has 15 atom stereocenters. The van der Waals surface area contributed by atoms with Gasteiger partial charge in [-0.25, -0.2) is 4.79 Å². The van der Waals surface area contributed by atoms with Gasteiger partial charge < -0.3 is 43.4 Å². The molecule has 304 valence electrons. The molecule has 0 aromatic heterocycles. The fourth-order valence-corrected chi connectivity index (χ4v) is 10.5. The highest BCUT2D eigenvalue weighted by atomic mass is 35.5. The number of ether oxygens (including phenoxy) is 7. The van der Waals surface area contributed by atoms with Crippen molar-refractivity contribution in [2.24, 2.45) is 29.6 Å². The zero-order valence-corrected chi connectivity index (χ0v) is 34.6. The van der Waals surface area contributed by atoms with Gasteiger partial charge in [0.25, 0.3) is 0 Å². The quantitative estimate of drug-likeness (QED) is 0.172. The second kappa shape index (κ2) is 16.3. The number of halogens is 1. The summed E-state index contributed by atoms with van der Waals surface area (Å²) in [4.78, 5) is 12.4. The summed E-state index contributed by atoms with van der Waals surface area (Å²) in [7, 11) is 1.40. The lowest BCUT2D eigenvalue weighted by molar-refractivity contribution is -0.335. The Labute approximate surface area is 327 Å². The number of aliphatic hydroxyl groups is 2. The van der Waals surface area contributed by atoms with E-state index in [2.05, 4.69) is 41.5 Å². The molecule has 5 heterocycles. The van der Waals surface area contributed by atoms with Gasteiger partial charge >= 0.3 is 5.97 Å². The number of carbonyl (C=O) groups excluding carboxylic acids is 1. The molecular formula is C43H65ClO10. The summed E-state index contributed by atoms with van der Waals surface area (Å²) in [5.41, 5.74) is 0.498. The normalized spacial score (nSPS) is 44.9. The van der Waals surface area contributed by atoms with Crippen molar-refractivity contribution in [2.75, 3.05) is 13.7 Å². The molecule has 0 saturated carbocycles. The summed E-state index contributed by atoms with van der Waals surface area (Å²) in [6.07, 6.45) is 6.78. The summed E-state index contributed by atoms with van der Waals surface area (Å²) < 4.78 is 46.3. The Kier molecular flexibility index (Phi) is 12.7. The molecule has 0 radical (unpaired) electrons. The lowest BCUT2D eigenvalue weighted by Crippen LogP contribution is -2.56. The third-order valence-corrected chi connectivity index (χ3v) is 14.0. The number of carbonyl (C=O) groups is 1. The van der Waals surface area contributed by atoms with Crippen LogP contribution in [-0.2, 0) is 44.6 Å². The first kappa shape index (κ1) is 42.0. The first-order valence-corrected chi connectivity index (χ1v) is 20.7. The average molecular weight is 777 g/mol. The highest BCUT2D eigenvalue weighted by molar-refractivity contribution is 6.30. The van der Waals surface area contributed by atoms with Crippen LogP contribution in [0.1, 0.15) is 112 Å². The van der Waals surface area contributed by atoms with E-state index in [9.17, 15) is 15.0 Å². The third kappa shape index (κ3) is 8.21. The van der Waals surface area contributed by atoms with Gasteiger partial charge in [-0.2, -0.15) is 0 Å². The summed E-state index contributed by atoms with van der Waals surface area (Å²) in [5, 5.41) is 21.7. The van der Waals surface area contributed by atoms with Crippen LogP contribution in [0.3, 0.4) is 0 Å². The second-order valence-corrected chi connectivity index (χ2v) is 18.2. The Hall–Kier alpha value is -1.60. The molecule has 54 heavy (non-hydrogen) atoms. The van der Waals surface area contributed by atoms with E-state index in [1.165, 1.54) is 7.11 Å². The largest absolute Gasteiger partial charge is 0.466 e. The summed E-state index contributed by atoms with van der Waals surface area (Å²) in [6.45, 7) is 16.7. The zero-order chi connectivity index (χ0) is 39.2. The van der Waals surface area contributed by atoms with Crippen molar-refractivity contribution in [2.45, 2.75) is 173 Å². The van der Waals surface area contributed by atoms with E-state index in [1.54, 1.807) is 6.92 Å². The zero-order valence-electron chi connectivity index (χ0n) is 33.8. The lowest BCUT2D eigenvalue weighted by Gasteiger charge is -2.48. The van der Waals surface area contributed by atoms with Crippen LogP contribution in [-0.4, -0.2) is 89.3 Å². The number of aliphatic hydroxyl groups excluding tert-OH is 1. The van der Waals surface area contributed by atoms with E-state index in [0.29, 0.717) is 30.0 Å². The molecule has 11 heteroatoms. The molecule has 6 rings (SSSR count). The lowest BCUT2D eigenvalue weighted by atomic mass is 9.80. The van der Waals surface area contributed by atoms with Crippen LogP contribution in [0, 0.1) is 29.6 Å². The Morgan fingerprint density at radius 2 is 1.78 bits per heavy atom. The van der Waals surface area contributed by atoms with E-state index in [0.717, 1.165) is 44.1 Å². The molecule has 0 bridgehead atoms. The first-order valence-electron chi connectivity index (χ1n) is 20.3. The number of methoxy groups -OCH3 is 1. The van der Waals surface area contributed by atoms with E-state index in [1.807, 2.05) is 37.3 Å². The predicted molar refractivity (Wildman–Crippen MR) is 204 cm³/mol. The van der Waals surface area contributed by atoms with Crippen LogP contribution in [0.25, 0.3) is 0 Å². The minimum absolute atomic E-state index is 0.0203. The summed E-state index contributed by atoms with van der Waals surface area (Å²) in [6, 6.07) is 7.73. The van der Waals surface area contributed by atoms with Gasteiger partial charge in [0, 0.05) is 41.2 Å². The molecule has 5 aliphatic rings. The topological polar surface area (TPSA) is 122 Å². The van der Waals surface area contributed by atoms with Gasteiger partial charge in [0.2, 0.25) is 0 Å². The van der Waals surface area contributed by atoms with Gasteiger partial charge in [0.15, 0.2) is 11.6 Å². The monoisotopic (exact) mass is 776 g/mol. The summed E-state index contributed by atoms with van der Waals surface area (Å²) in [5.74, 6) is -2.64. The SMILES string of the molecule is CC[C@@]1([C@@H]2O[C@@H]([C@H]3O[C@@](O)(CO)[C@H](C)C[C@@H]3C)C[C@@H]2C)CC[C@H]([C@]2(C)CC[C@]3(C[C@H](OCc4ccc(Cl)cc4)[C@@H](C)[C@@H]([C@@H](C)/C=C(\C)C(=O)OC)O3)O2)O1. The van der Waals surface area contributed by atoms with Gasteiger partial charge in [-0.05, 0) is 81.9 Å². The Morgan fingerprint density at radius 3 is 2.44 bits per heavy atom. The van der Waals surface area contributed by atoms with Crippen LogP contribution >= 0.6 is 11.6 Å². The van der Waals surface area contributed by atoms with Crippen molar-refractivity contribution in [3.05, 3.63) is 46.5 Å².